The van der Waals surface area contributed by atoms with Crippen molar-refractivity contribution in [2.24, 2.45) is 23.7 Å². The number of benzene rings is 1. The molecule has 0 spiro atoms. The van der Waals surface area contributed by atoms with Crippen LogP contribution in [-0.2, 0) is 9.59 Å². The number of amides is 1. The summed E-state index contributed by atoms with van der Waals surface area (Å²) < 4.78 is 0. The lowest BCUT2D eigenvalue weighted by Gasteiger charge is -2.38. The lowest BCUT2D eigenvalue weighted by Crippen LogP contribution is -2.52. The predicted octanol–water partition coefficient (Wildman–Crippen LogP) is 2.51. The number of carboxylic acids is 1. The van der Waals surface area contributed by atoms with Gasteiger partial charge in [-0.25, -0.2) is 0 Å². The predicted molar refractivity (Wildman–Crippen MR) is 95.6 cm³/mol. The molecule has 3 aliphatic rings. The summed E-state index contributed by atoms with van der Waals surface area (Å²) in [6.45, 7) is 2.71. The smallest absolute Gasteiger partial charge is 0.307 e. The van der Waals surface area contributed by atoms with Crippen LogP contribution in [-0.4, -0.2) is 48.1 Å². The van der Waals surface area contributed by atoms with Gasteiger partial charge in [-0.3, -0.25) is 9.59 Å². The Morgan fingerprint density at radius 3 is 2.36 bits per heavy atom. The van der Waals surface area contributed by atoms with Crippen molar-refractivity contribution in [1.82, 2.24) is 4.90 Å². The fourth-order valence-electron chi connectivity index (χ4n) is 4.56. The van der Waals surface area contributed by atoms with Crippen LogP contribution >= 0.6 is 11.6 Å². The first-order valence-corrected chi connectivity index (χ1v) is 9.13. The summed E-state index contributed by atoms with van der Waals surface area (Å²) in [5, 5.41) is 10.2. The van der Waals surface area contributed by atoms with Gasteiger partial charge >= 0.3 is 5.97 Å². The minimum absolute atomic E-state index is 0.00925. The Hall–Kier alpha value is -2.01. The summed E-state index contributed by atoms with van der Waals surface area (Å²) >= 11 is 6.06. The molecule has 2 aliphatic carbocycles. The van der Waals surface area contributed by atoms with E-state index in [-0.39, 0.29) is 17.7 Å². The number of nitrogens with zero attached hydrogens (tertiary/aromatic N) is 2. The van der Waals surface area contributed by atoms with Crippen LogP contribution in [0.5, 0.6) is 0 Å². The molecule has 1 saturated carbocycles. The third-order valence-electron chi connectivity index (χ3n) is 5.79. The zero-order valence-electron chi connectivity index (χ0n) is 13.8. The van der Waals surface area contributed by atoms with Crippen LogP contribution in [0.2, 0.25) is 5.02 Å². The molecule has 132 valence electrons. The van der Waals surface area contributed by atoms with Crippen LogP contribution in [0.3, 0.4) is 0 Å². The summed E-state index contributed by atoms with van der Waals surface area (Å²) in [6.07, 6.45) is 4.81. The van der Waals surface area contributed by atoms with E-state index in [4.69, 9.17) is 11.6 Å². The Bertz CT molecular complexity index is 727. The van der Waals surface area contributed by atoms with Crippen LogP contribution in [0.25, 0.3) is 0 Å². The van der Waals surface area contributed by atoms with Crippen molar-refractivity contribution in [2.75, 3.05) is 31.1 Å². The molecule has 2 bridgehead atoms. The highest BCUT2D eigenvalue weighted by molar-refractivity contribution is 6.30. The molecule has 1 heterocycles. The number of carboxylic acid groups (broad SMARTS) is 1. The highest BCUT2D eigenvalue weighted by Gasteiger charge is 2.52. The molecule has 4 atom stereocenters. The number of rotatable bonds is 3. The van der Waals surface area contributed by atoms with Crippen molar-refractivity contribution in [1.29, 1.82) is 0 Å². The molecule has 1 amide bonds. The number of carbonyl (C=O) groups is 2. The fourth-order valence-corrected chi connectivity index (χ4v) is 4.75. The maximum absolute atomic E-state index is 13.0. The number of allylic oxidation sites excluding steroid dienone is 2. The SMILES string of the molecule is O=C(O)[C@H]1[C@@H](C(=O)N2CCN(c3cccc(Cl)c3)CC2)[C@H]2C=C[C@@H]1C2. The Labute approximate surface area is 151 Å². The molecular weight excluding hydrogens is 340 g/mol. The van der Waals surface area contributed by atoms with Gasteiger partial charge in [-0.2, -0.15) is 0 Å². The van der Waals surface area contributed by atoms with Gasteiger partial charge in [0.1, 0.15) is 0 Å². The molecule has 6 heteroatoms. The number of fused-ring (bicyclic) bond motifs is 2. The highest BCUT2D eigenvalue weighted by Crippen LogP contribution is 2.48. The van der Waals surface area contributed by atoms with Gasteiger partial charge in [0.05, 0.1) is 11.8 Å². The summed E-state index contributed by atoms with van der Waals surface area (Å²) in [7, 11) is 0. The van der Waals surface area contributed by atoms with Crippen molar-refractivity contribution in [2.45, 2.75) is 6.42 Å². The minimum Gasteiger partial charge on any atom is -0.481 e. The molecule has 1 N–H and O–H groups in total. The van der Waals surface area contributed by atoms with E-state index < -0.39 is 17.8 Å². The molecule has 4 rings (SSSR count). The van der Waals surface area contributed by atoms with Gasteiger partial charge < -0.3 is 14.9 Å². The van der Waals surface area contributed by atoms with E-state index in [2.05, 4.69) is 4.90 Å². The Balaban J connectivity index is 1.43. The molecule has 1 aromatic rings. The van der Waals surface area contributed by atoms with E-state index >= 15 is 0 Å². The summed E-state index contributed by atoms with van der Waals surface area (Å²) in [5.41, 5.74) is 1.06. The number of halogens is 1. The summed E-state index contributed by atoms with van der Waals surface area (Å²) in [6, 6.07) is 7.72. The molecule has 1 aromatic carbocycles. The van der Waals surface area contributed by atoms with Gasteiger partial charge in [-0.05, 0) is 36.5 Å². The Kier molecular flexibility index (Phi) is 4.20. The number of carbonyl (C=O) groups excluding carboxylic acids is 1. The number of aliphatic carboxylic acids is 1. The maximum atomic E-state index is 13.0. The van der Waals surface area contributed by atoms with Gasteiger partial charge in [0, 0.05) is 36.9 Å². The maximum Gasteiger partial charge on any atom is 0.307 e. The molecule has 25 heavy (non-hydrogen) atoms. The summed E-state index contributed by atoms with van der Waals surface area (Å²) in [5.74, 6) is -1.69. The molecule has 1 aliphatic heterocycles. The molecule has 0 aromatic heterocycles. The van der Waals surface area contributed by atoms with Crippen molar-refractivity contribution in [3.8, 4) is 0 Å². The van der Waals surface area contributed by atoms with Crippen LogP contribution < -0.4 is 4.90 Å². The van der Waals surface area contributed by atoms with Crippen molar-refractivity contribution < 1.29 is 14.7 Å². The van der Waals surface area contributed by atoms with E-state index in [1.165, 1.54) is 0 Å². The zero-order valence-corrected chi connectivity index (χ0v) is 14.6. The Morgan fingerprint density at radius 2 is 1.72 bits per heavy atom. The van der Waals surface area contributed by atoms with E-state index in [1.54, 1.807) is 0 Å². The number of anilines is 1. The molecular formula is C19H21ClN2O3. The minimum atomic E-state index is -0.840. The van der Waals surface area contributed by atoms with Crippen LogP contribution in [0, 0.1) is 23.7 Å². The zero-order chi connectivity index (χ0) is 17.6. The molecule has 0 radical (unpaired) electrons. The van der Waals surface area contributed by atoms with E-state index in [0.717, 1.165) is 25.2 Å². The van der Waals surface area contributed by atoms with Crippen LogP contribution in [0.4, 0.5) is 5.69 Å². The topological polar surface area (TPSA) is 60.9 Å². The average molecular weight is 361 g/mol. The first kappa shape index (κ1) is 16.5. The van der Waals surface area contributed by atoms with Crippen LogP contribution in [0.1, 0.15) is 6.42 Å². The van der Waals surface area contributed by atoms with Gasteiger partial charge in [-0.15, -0.1) is 0 Å². The molecule has 1 saturated heterocycles. The average Bonchev–Trinajstić information content (AvgIpc) is 3.22. The van der Waals surface area contributed by atoms with Gasteiger partial charge in [0.15, 0.2) is 0 Å². The second-order valence-corrected chi connectivity index (χ2v) is 7.57. The standard InChI is InChI=1S/C19H21ClN2O3/c20-14-2-1-3-15(11-14)21-6-8-22(9-7-21)18(23)16-12-4-5-13(10-12)17(16)19(24)25/h1-5,11-13,16-17H,6-10H2,(H,24,25)/t12-,13+,16-,17+/m0/s1. The van der Waals surface area contributed by atoms with Crippen molar-refractivity contribution in [3.05, 3.63) is 41.4 Å². The monoisotopic (exact) mass is 360 g/mol. The highest BCUT2D eigenvalue weighted by atomic mass is 35.5. The number of piperazine rings is 1. The molecule has 5 nitrogen and oxygen atoms in total. The van der Waals surface area contributed by atoms with Crippen molar-refractivity contribution in [3.63, 3.8) is 0 Å². The number of hydrogen-bond acceptors (Lipinski definition) is 3. The largest absolute Gasteiger partial charge is 0.481 e. The van der Waals surface area contributed by atoms with E-state index in [0.29, 0.717) is 18.1 Å². The number of hydrogen-bond donors (Lipinski definition) is 1. The fraction of sp³-hybridized carbons (Fsp3) is 0.474. The third kappa shape index (κ3) is 2.91. The van der Waals surface area contributed by atoms with Gasteiger partial charge in [0.25, 0.3) is 0 Å². The van der Waals surface area contributed by atoms with Crippen molar-refractivity contribution >= 4 is 29.2 Å². The quantitative estimate of drug-likeness (QED) is 0.841. The van der Waals surface area contributed by atoms with Crippen LogP contribution in [0.15, 0.2) is 36.4 Å². The first-order chi connectivity index (χ1) is 12.0. The molecule has 0 unspecified atom stereocenters. The third-order valence-corrected chi connectivity index (χ3v) is 6.03. The van der Waals surface area contributed by atoms with E-state index in [9.17, 15) is 14.7 Å². The summed E-state index contributed by atoms with van der Waals surface area (Å²) in [4.78, 5) is 28.7. The lowest BCUT2D eigenvalue weighted by molar-refractivity contribution is -0.151. The second kappa shape index (κ2) is 6.37. The van der Waals surface area contributed by atoms with Gasteiger partial charge in [-0.1, -0.05) is 29.8 Å². The second-order valence-electron chi connectivity index (χ2n) is 7.13. The first-order valence-electron chi connectivity index (χ1n) is 8.75. The van der Waals surface area contributed by atoms with E-state index in [1.807, 2.05) is 41.3 Å². The normalized spacial score (nSPS) is 30.8. The molecule has 2 fully saturated rings. The Morgan fingerprint density at radius 1 is 1.04 bits per heavy atom. The van der Waals surface area contributed by atoms with Gasteiger partial charge in [0.2, 0.25) is 5.91 Å². The lowest BCUT2D eigenvalue weighted by atomic mass is 9.82.